The smallest absolute Gasteiger partial charge is 0.244 e. The number of aromatic nitrogens is 1. The minimum Gasteiger partial charge on any atom is -0.457 e. The molecular weight excluding hydrogens is 362 g/mol. The molecule has 0 saturated heterocycles. The number of carbonyl (C=O) groups excluding carboxylic acids is 1. The highest BCUT2D eigenvalue weighted by molar-refractivity contribution is 5.92. The number of hydrogen-bond acceptors (Lipinski definition) is 3. The van der Waals surface area contributed by atoms with E-state index >= 15 is 0 Å². The lowest BCUT2D eigenvalue weighted by molar-refractivity contribution is -0.117. The first-order valence-corrected chi connectivity index (χ1v) is 8.63. The number of nitrogens with zero attached hydrogens (tertiary/aromatic N) is 1. The van der Waals surface area contributed by atoms with Crippen LogP contribution < -0.4 is 10.1 Å². The molecular formula is C22H18F2N2O2. The molecule has 28 heavy (non-hydrogen) atoms. The van der Waals surface area contributed by atoms with Crippen molar-refractivity contribution < 1.29 is 18.3 Å². The SMILES string of the molecule is CC(NC(=O)/C=C/c1c(F)cccc1F)c1cccc(Oc2ccncc2)c1. The van der Waals surface area contributed by atoms with Gasteiger partial charge in [0.05, 0.1) is 6.04 Å². The topological polar surface area (TPSA) is 51.2 Å². The number of amides is 1. The fraction of sp³-hybridized carbons (Fsp3) is 0.0909. The van der Waals surface area contributed by atoms with Gasteiger partial charge in [0.25, 0.3) is 0 Å². The lowest BCUT2D eigenvalue weighted by Gasteiger charge is -2.14. The summed E-state index contributed by atoms with van der Waals surface area (Å²) in [4.78, 5) is 16.1. The predicted octanol–water partition coefficient (Wildman–Crippen LogP) is 5.04. The maximum atomic E-state index is 13.6. The first-order chi connectivity index (χ1) is 13.5. The zero-order valence-electron chi connectivity index (χ0n) is 15.1. The van der Waals surface area contributed by atoms with Gasteiger partial charge in [0.15, 0.2) is 0 Å². The summed E-state index contributed by atoms with van der Waals surface area (Å²) >= 11 is 0. The lowest BCUT2D eigenvalue weighted by atomic mass is 10.1. The predicted molar refractivity (Wildman–Crippen MR) is 103 cm³/mol. The monoisotopic (exact) mass is 380 g/mol. The Morgan fingerprint density at radius 2 is 1.71 bits per heavy atom. The van der Waals surface area contributed by atoms with Gasteiger partial charge < -0.3 is 10.1 Å². The van der Waals surface area contributed by atoms with Gasteiger partial charge >= 0.3 is 0 Å². The standard InChI is InChI=1S/C22H18F2N2O2/c1-15(26-22(27)9-8-19-20(23)6-3-7-21(19)24)16-4-2-5-18(14-16)28-17-10-12-25-13-11-17/h2-15H,1H3,(H,26,27)/b9-8+. The summed E-state index contributed by atoms with van der Waals surface area (Å²) in [5.41, 5.74) is 0.573. The summed E-state index contributed by atoms with van der Waals surface area (Å²) in [6.07, 6.45) is 5.49. The summed E-state index contributed by atoms with van der Waals surface area (Å²) in [5.74, 6) is -0.640. The van der Waals surface area contributed by atoms with E-state index in [-0.39, 0.29) is 11.6 Å². The van der Waals surface area contributed by atoms with Crippen LogP contribution >= 0.6 is 0 Å². The number of halogens is 2. The zero-order chi connectivity index (χ0) is 19.9. The van der Waals surface area contributed by atoms with Gasteiger partial charge in [-0.15, -0.1) is 0 Å². The molecule has 3 rings (SSSR count). The van der Waals surface area contributed by atoms with Gasteiger partial charge in [-0.05, 0) is 55.0 Å². The van der Waals surface area contributed by atoms with Crippen LogP contribution in [0.5, 0.6) is 11.5 Å². The van der Waals surface area contributed by atoms with Crippen molar-refractivity contribution in [3.63, 3.8) is 0 Å². The molecule has 0 aliphatic carbocycles. The Hall–Kier alpha value is -3.54. The van der Waals surface area contributed by atoms with Gasteiger partial charge in [-0.25, -0.2) is 8.78 Å². The quantitative estimate of drug-likeness (QED) is 0.610. The average molecular weight is 380 g/mol. The molecule has 1 amide bonds. The largest absolute Gasteiger partial charge is 0.457 e. The third-order valence-electron chi connectivity index (χ3n) is 4.00. The van der Waals surface area contributed by atoms with Crippen molar-refractivity contribution in [2.24, 2.45) is 0 Å². The number of carbonyl (C=O) groups is 1. The van der Waals surface area contributed by atoms with E-state index in [1.807, 2.05) is 18.2 Å². The second-order valence-electron chi connectivity index (χ2n) is 6.06. The second kappa shape index (κ2) is 8.90. The van der Waals surface area contributed by atoms with Crippen molar-refractivity contribution in [3.8, 4) is 11.5 Å². The molecule has 6 heteroatoms. The molecule has 0 spiro atoms. The number of nitrogens with one attached hydrogen (secondary N) is 1. The average Bonchev–Trinajstić information content (AvgIpc) is 2.68. The van der Waals surface area contributed by atoms with Crippen molar-refractivity contribution in [2.75, 3.05) is 0 Å². The number of pyridine rings is 1. The number of ether oxygens (including phenoxy) is 1. The number of benzene rings is 2. The van der Waals surface area contributed by atoms with Crippen molar-refractivity contribution >= 4 is 12.0 Å². The van der Waals surface area contributed by atoms with E-state index in [0.717, 1.165) is 29.8 Å². The van der Waals surface area contributed by atoms with Gasteiger partial charge in [-0.2, -0.15) is 0 Å². The van der Waals surface area contributed by atoms with Crippen LogP contribution in [0, 0.1) is 11.6 Å². The Morgan fingerprint density at radius 1 is 1.04 bits per heavy atom. The van der Waals surface area contributed by atoms with Crippen LogP contribution in [0.25, 0.3) is 6.08 Å². The van der Waals surface area contributed by atoms with Crippen LogP contribution in [0.3, 0.4) is 0 Å². The van der Waals surface area contributed by atoms with Crippen LogP contribution in [0.2, 0.25) is 0 Å². The van der Waals surface area contributed by atoms with Gasteiger partial charge in [-0.3, -0.25) is 9.78 Å². The molecule has 1 N–H and O–H groups in total. The lowest BCUT2D eigenvalue weighted by Crippen LogP contribution is -2.24. The number of rotatable bonds is 6. The highest BCUT2D eigenvalue weighted by Crippen LogP contribution is 2.24. The van der Waals surface area contributed by atoms with Crippen molar-refractivity contribution in [1.82, 2.24) is 10.3 Å². The first-order valence-electron chi connectivity index (χ1n) is 8.63. The minimum absolute atomic E-state index is 0.252. The summed E-state index contributed by atoms with van der Waals surface area (Å²) in [6.45, 7) is 1.81. The van der Waals surface area contributed by atoms with Crippen molar-refractivity contribution in [3.05, 3.63) is 95.8 Å². The first kappa shape index (κ1) is 19.2. The van der Waals surface area contributed by atoms with E-state index < -0.39 is 17.5 Å². The molecule has 1 heterocycles. The Balaban J connectivity index is 1.65. The molecule has 1 atom stereocenters. The maximum Gasteiger partial charge on any atom is 0.244 e. The zero-order valence-corrected chi connectivity index (χ0v) is 15.1. The van der Waals surface area contributed by atoms with Crippen LogP contribution in [0.4, 0.5) is 8.78 Å². The third kappa shape index (κ3) is 5.01. The Kier molecular flexibility index (Phi) is 6.11. The van der Waals surface area contributed by atoms with Crippen molar-refractivity contribution in [1.29, 1.82) is 0 Å². The molecule has 1 unspecified atom stereocenters. The summed E-state index contributed by atoms with van der Waals surface area (Å²) in [7, 11) is 0. The fourth-order valence-corrected chi connectivity index (χ4v) is 2.56. The van der Waals surface area contributed by atoms with E-state index in [1.54, 1.807) is 37.5 Å². The van der Waals surface area contributed by atoms with Gasteiger partial charge in [-0.1, -0.05) is 18.2 Å². The Morgan fingerprint density at radius 3 is 2.43 bits per heavy atom. The van der Waals surface area contributed by atoms with E-state index in [4.69, 9.17) is 4.74 Å². The van der Waals surface area contributed by atoms with E-state index in [2.05, 4.69) is 10.3 Å². The molecule has 4 nitrogen and oxygen atoms in total. The van der Waals surface area contributed by atoms with Gasteiger partial charge in [0.2, 0.25) is 5.91 Å². The minimum atomic E-state index is -0.724. The molecule has 0 aliphatic heterocycles. The molecule has 0 fully saturated rings. The molecule has 0 bridgehead atoms. The Bertz CT molecular complexity index is 971. The molecule has 2 aromatic carbocycles. The van der Waals surface area contributed by atoms with Crippen LogP contribution in [0.15, 0.2) is 73.1 Å². The van der Waals surface area contributed by atoms with Crippen LogP contribution in [0.1, 0.15) is 24.1 Å². The van der Waals surface area contributed by atoms with E-state index in [0.29, 0.717) is 11.5 Å². The summed E-state index contributed by atoms with van der Waals surface area (Å²) < 4.78 is 33.0. The van der Waals surface area contributed by atoms with Crippen LogP contribution in [-0.2, 0) is 4.79 Å². The molecule has 1 aromatic heterocycles. The number of hydrogen-bond donors (Lipinski definition) is 1. The molecule has 0 saturated carbocycles. The highest BCUT2D eigenvalue weighted by atomic mass is 19.1. The molecule has 3 aromatic rings. The van der Waals surface area contributed by atoms with Crippen LogP contribution in [-0.4, -0.2) is 10.9 Å². The fourth-order valence-electron chi connectivity index (χ4n) is 2.56. The second-order valence-corrected chi connectivity index (χ2v) is 6.06. The highest BCUT2D eigenvalue weighted by Gasteiger charge is 2.10. The van der Waals surface area contributed by atoms with E-state index in [1.165, 1.54) is 6.07 Å². The van der Waals surface area contributed by atoms with Crippen molar-refractivity contribution in [2.45, 2.75) is 13.0 Å². The van der Waals surface area contributed by atoms with E-state index in [9.17, 15) is 13.6 Å². The maximum absolute atomic E-state index is 13.6. The van der Waals surface area contributed by atoms with Gasteiger partial charge in [0, 0.05) is 24.0 Å². The Labute approximate surface area is 161 Å². The summed E-state index contributed by atoms with van der Waals surface area (Å²) in [5, 5.41) is 2.76. The third-order valence-corrected chi connectivity index (χ3v) is 4.00. The summed E-state index contributed by atoms with van der Waals surface area (Å²) in [6, 6.07) is 14.0. The molecule has 0 radical (unpaired) electrons. The molecule has 0 aliphatic rings. The van der Waals surface area contributed by atoms with Gasteiger partial charge in [0.1, 0.15) is 23.1 Å². The molecule has 142 valence electrons. The normalized spacial score (nSPS) is 12.0.